The summed E-state index contributed by atoms with van der Waals surface area (Å²) in [6, 6.07) is 5.18. The molecule has 0 atom stereocenters. The van der Waals surface area contributed by atoms with Crippen LogP contribution in [0.25, 0.3) is 0 Å². The van der Waals surface area contributed by atoms with E-state index in [0.29, 0.717) is 30.2 Å². The van der Waals surface area contributed by atoms with Gasteiger partial charge in [0.15, 0.2) is 0 Å². The third-order valence-corrected chi connectivity index (χ3v) is 2.89. The highest BCUT2D eigenvalue weighted by Gasteiger charge is 2.19. The zero-order valence-electron chi connectivity index (χ0n) is 11.4. The predicted octanol–water partition coefficient (Wildman–Crippen LogP) is 2.18. The smallest absolute Gasteiger partial charge is 0.324 e. The molecule has 1 aromatic carbocycles. The van der Waals surface area contributed by atoms with E-state index >= 15 is 0 Å². The molecule has 0 aromatic heterocycles. The molecule has 0 bridgehead atoms. The quantitative estimate of drug-likeness (QED) is 0.834. The molecule has 100 valence electrons. The van der Waals surface area contributed by atoms with Crippen molar-refractivity contribution < 1.29 is 9.53 Å². The number of amides is 2. The van der Waals surface area contributed by atoms with Crippen molar-refractivity contribution in [3.05, 3.63) is 18.2 Å². The summed E-state index contributed by atoms with van der Waals surface area (Å²) in [5, 5.41) is 0. The number of rotatable bonds is 4. The van der Waals surface area contributed by atoms with Crippen molar-refractivity contribution in [1.82, 2.24) is 4.90 Å². The summed E-state index contributed by atoms with van der Waals surface area (Å²) in [7, 11) is 3.29. The molecule has 0 radical (unpaired) electrons. The molecule has 0 aliphatic heterocycles. The highest BCUT2D eigenvalue weighted by atomic mass is 16.5. The van der Waals surface area contributed by atoms with Crippen molar-refractivity contribution >= 4 is 17.4 Å². The Labute approximate surface area is 108 Å². The molecular weight excluding hydrogens is 230 g/mol. The summed E-state index contributed by atoms with van der Waals surface area (Å²) >= 11 is 0. The van der Waals surface area contributed by atoms with E-state index in [1.54, 1.807) is 42.2 Å². The predicted molar refractivity (Wildman–Crippen MR) is 74.1 cm³/mol. The van der Waals surface area contributed by atoms with E-state index < -0.39 is 0 Å². The molecule has 5 heteroatoms. The second-order valence-electron chi connectivity index (χ2n) is 3.95. The second-order valence-corrected chi connectivity index (χ2v) is 3.95. The first-order valence-electron chi connectivity index (χ1n) is 6.01. The van der Waals surface area contributed by atoms with Crippen LogP contribution in [0.5, 0.6) is 5.75 Å². The van der Waals surface area contributed by atoms with Gasteiger partial charge in [-0.25, -0.2) is 4.79 Å². The van der Waals surface area contributed by atoms with Crippen LogP contribution in [-0.2, 0) is 0 Å². The fourth-order valence-corrected chi connectivity index (χ4v) is 1.78. The number of nitrogens with two attached hydrogens (primary N) is 1. The summed E-state index contributed by atoms with van der Waals surface area (Å²) < 4.78 is 5.25. The zero-order chi connectivity index (χ0) is 13.7. The van der Waals surface area contributed by atoms with Gasteiger partial charge in [0.2, 0.25) is 0 Å². The molecule has 0 heterocycles. The van der Waals surface area contributed by atoms with Crippen LogP contribution < -0.4 is 15.4 Å². The summed E-state index contributed by atoms with van der Waals surface area (Å²) in [6.45, 7) is 5.24. The third-order valence-electron chi connectivity index (χ3n) is 2.89. The number of hydrogen-bond acceptors (Lipinski definition) is 3. The Bertz CT molecular complexity index is 417. The number of hydrogen-bond donors (Lipinski definition) is 1. The number of methoxy groups -OCH3 is 1. The van der Waals surface area contributed by atoms with Crippen LogP contribution in [0.4, 0.5) is 16.2 Å². The topological polar surface area (TPSA) is 58.8 Å². The van der Waals surface area contributed by atoms with Gasteiger partial charge in [-0.1, -0.05) is 0 Å². The SMILES string of the molecule is CCN(CC)C(=O)N(C)c1cc(N)ccc1OC. The van der Waals surface area contributed by atoms with Crippen molar-refractivity contribution in [3.63, 3.8) is 0 Å². The molecule has 18 heavy (non-hydrogen) atoms. The van der Waals surface area contributed by atoms with Gasteiger partial charge in [-0.05, 0) is 32.0 Å². The number of anilines is 2. The molecule has 5 nitrogen and oxygen atoms in total. The average Bonchev–Trinajstić information content (AvgIpc) is 2.39. The zero-order valence-corrected chi connectivity index (χ0v) is 11.4. The Hall–Kier alpha value is -1.91. The monoisotopic (exact) mass is 251 g/mol. The minimum atomic E-state index is -0.0658. The van der Waals surface area contributed by atoms with Gasteiger partial charge in [0.1, 0.15) is 5.75 Å². The molecule has 2 amide bonds. The lowest BCUT2D eigenvalue weighted by Crippen LogP contribution is -2.41. The van der Waals surface area contributed by atoms with Crippen LogP contribution in [0, 0.1) is 0 Å². The van der Waals surface area contributed by atoms with Gasteiger partial charge < -0.3 is 15.4 Å². The minimum Gasteiger partial charge on any atom is -0.495 e. The van der Waals surface area contributed by atoms with Gasteiger partial charge in [-0.3, -0.25) is 4.90 Å². The summed E-state index contributed by atoms with van der Waals surface area (Å²) in [5.41, 5.74) is 7.03. The van der Waals surface area contributed by atoms with Gasteiger partial charge in [0.05, 0.1) is 12.8 Å². The maximum Gasteiger partial charge on any atom is 0.324 e. The lowest BCUT2D eigenvalue weighted by Gasteiger charge is -2.27. The van der Waals surface area contributed by atoms with Crippen LogP contribution >= 0.6 is 0 Å². The molecule has 1 rings (SSSR count). The molecule has 1 aromatic rings. The number of carbonyl (C=O) groups excluding carboxylic acids is 1. The number of ether oxygens (including phenoxy) is 1. The normalized spacial score (nSPS) is 10.0. The van der Waals surface area contributed by atoms with Crippen LogP contribution in [0.1, 0.15) is 13.8 Å². The van der Waals surface area contributed by atoms with Crippen LogP contribution in [0.15, 0.2) is 18.2 Å². The maximum absolute atomic E-state index is 12.2. The van der Waals surface area contributed by atoms with Gasteiger partial charge in [0, 0.05) is 25.8 Å². The summed E-state index contributed by atoms with van der Waals surface area (Å²) in [4.78, 5) is 15.5. The van der Waals surface area contributed by atoms with Gasteiger partial charge in [-0.2, -0.15) is 0 Å². The Morgan fingerprint density at radius 2 is 1.94 bits per heavy atom. The van der Waals surface area contributed by atoms with Crippen molar-refractivity contribution in [2.24, 2.45) is 0 Å². The molecule has 0 aliphatic rings. The standard InChI is InChI=1S/C13H21N3O2/c1-5-16(6-2)13(17)15(3)11-9-10(14)7-8-12(11)18-4/h7-9H,5-6,14H2,1-4H3. The highest BCUT2D eigenvalue weighted by Crippen LogP contribution is 2.30. The summed E-state index contributed by atoms with van der Waals surface area (Å²) in [5.74, 6) is 0.632. The minimum absolute atomic E-state index is 0.0658. The van der Waals surface area contributed by atoms with Gasteiger partial charge >= 0.3 is 6.03 Å². The lowest BCUT2D eigenvalue weighted by atomic mass is 10.2. The Balaban J connectivity index is 3.05. The van der Waals surface area contributed by atoms with Crippen molar-refractivity contribution in [1.29, 1.82) is 0 Å². The van der Waals surface area contributed by atoms with E-state index in [1.807, 2.05) is 13.8 Å². The Morgan fingerprint density at radius 1 is 1.33 bits per heavy atom. The van der Waals surface area contributed by atoms with E-state index in [4.69, 9.17) is 10.5 Å². The van der Waals surface area contributed by atoms with E-state index in [-0.39, 0.29) is 6.03 Å². The first kappa shape index (κ1) is 14.2. The Kier molecular flexibility index (Phi) is 4.83. The van der Waals surface area contributed by atoms with E-state index in [0.717, 1.165) is 0 Å². The van der Waals surface area contributed by atoms with Crippen molar-refractivity contribution in [2.75, 3.05) is 37.9 Å². The number of carbonyl (C=O) groups is 1. The Morgan fingerprint density at radius 3 is 2.44 bits per heavy atom. The molecular formula is C13H21N3O2. The molecule has 2 N–H and O–H groups in total. The number of urea groups is 1. The first-order valence-corrected chi connectivity index (χ1v) is 6.01. The molecule has 0 unspecified atom stereocenters. The number of nitrogens with zero attached hydrogens (tertiary/aromatic N) is 2. The number of benzene rings is 1. The van der Waals surface area contributed by atoms with Crippen molar-refractivity contribution in [3.8, 4) is 5.75 Å². The van der Waals surface area contributed by atoms with Gasteiger partial charge in [-0.15, -0.1) is 0 Å². The molecule has 0 saturated heterocycles. The number of nitrogen functional groups attached to an aromatic ring is 1. The van der Waals surface area contributed by atoms with Gasteiger partial charge in [0.25, 0.3) is 0 Å². The maximum atomic E-state index is 12.2. The van der Waals surface area contributed by atoms with Crippen molar-refractivity contribution in [2.45, 2.75) is 13.8 Å². The van der Waals surface area contributed by atoms with Crippen LogP contribution in [0.2, 0.25) is 0 Å². The summed E-state index contributed by atoms with van der Waals surface area (Å²) in [6.07, 6.45) is 0. The second kappa shape index (κ2) is 6.14. The third kappa shape index (κ3) is 2.85. The van der Waals surface area contributed by atoms with Crippen LogP contribution in [0.3, 0.4) is 0 Å². The molecule has 0 saturated carbocycles. The highest BCUT2D eigenvalue weighted by molar-refractivity contribution is 5.93. The van der Waals surface area contributed by atoms with E-state index in [2.05, 4.69) is 0 Å². The van der Waals surface area contributed by atoms with E-state index in [1.165, 1.54) is 0 Å². The van der Waals surface area contributed by atoms with Crippen LogP contribution in [-0.4, -0.2) is 38.2 Å². The average molecular weight is 251 g/mol. The molecule has 0 aliphatic carbocycles. The largest absolute Gasteiger partial charge is 0.495 e. The van der Waals surface area contributed by atoms with E-state index in [9.17, 15) is 4.79 Å². The first-order chi connectivity index (χ1) is 8.54. The molecule has 0 spiro atoms. The fraction of sp³-hybridized carbons (Fsp3) is 0.462. The lowest BCUT2D eigenvalue weighted by molar-refractivity contribution is 0.211. The fourth-order valence-electron chi connectivity index (χ4n) is 1.78. The molecule has 0 fully saturated rings.